The number of fused-ring (bicyclic) bond motifs is 2. The van der Waals surface area contributed by atoms with Crippen molar-refractivity contribution in [3.63, 3.8) is 0 Å². The molecule has 0 fully saturated rings. The van der Waals surface area contributed by atoms with Crippen LogP contribution in [0.3, 0.4) is 0 Å². The zero-order chi connectivity index (χ0) is 16.8. The minimum atomic E-state index is -0.964. The summed E-state index contributed by atoms with van der Waals surface area (Å²) in [5.41, 5.74) is 2.69. The van der Waals surface area contributed by atoms with Gasteiger partial charge in [-0.25, -0.2) is 4.39 Å². The van der Waals surface area contributed by atoms with Crippen LogP contribution in [-0.2, 0) is 14.3 Å². The molecule has 2 aliphatic rings. The van der Waals surface area contributed by atoms with Gasteiger partial charge < -0.3 is 15.2 Å². The van der Waals surface area contributed by atoms with E-state index >= 15 is 0 Å². The first-order chi connectivity index (χ1) is 11.5. The number of carboxylic acid groups (broad SMARTS) is 1. The number of ether oxygens (including phenoxy) is 1. The fourth-order valence-corrected chi connectivity index (χ4v) is 3.52. The van der Waals surface area contributed by atoms with Gasteiger partial charge in [0.1, 0.15) is 5.82 Å². The number of aliphatic carboxylic acids is 1. The lowest BCUT2D eigenvalue weighted by Crippen LogP contribution is -2.19. The van der Waals surface area contributed by atoms with Gasteiger partial charge in [0.2, 0.25) is 5.91 Å². The Balaban J connectivity index is 1.76. The fourth-order valence-electron chi connectivity index (χ4n) is 3.52. The molecule has 1 amide bonds. The molecule has 0 spiro atoms. The lowest BCUT2D eigenvalue weighted by atomic mass is 9.89. The molecule has 0 saturated heterocycles. The number of nitrogens with one attached hydrogen (secondary N) is 1. The van der Waals surface area contributed by atoms with Crippen LogP contribution in [-0.4, -0.2) is 17.0 Å². The number of carbonyl (C=O) groups is 2. The van der Waals surface area contributed by atoms with E-state index in [1.807, 2.05) is 24.3 Å². The maximum atomic E-state index is 13.4. The third-order valence-corrected chi connectivity index (χ3v) is 4.51. The summed E-state index contributed by atoms with van der Waals surface area (Å²) < 4.78 is 19.3. The van der Waals surface area contributed by atoms with Gasteiger partial charge in [0, 0.05) is 5.69 Å². The summed E-state index contributed by atoms with van der Waals surface area (Å²) in [4.78, 5) is 23.5. The normalized spacial score (nSPS) is 24.4. The van der Waals surface area contributed by atoms with Crippen LogP contribution in [0.5, 0.6) is 0 Å². The van der Waals surface area contributed by atoms with Gasteiger partial charge in [0.05, 0.1) is 24.5 Å². The van der Waals surface area contributed by atoms with Crippen LogP contribution in [0.2, 0.25) is 0 Å². The van der Waals surface area contributed by atoms with Gasteiger partial charge in [-0.3, -0.25) is 9.59 Å². The Labute approximate surface area is 137 Å². The van der Waals surface area contributed by atoms with Crippen molar-refractivity contribution in [2.75, 3.05) is 5.32 Å². The molecule has 3 unspecified atom stereocenters. The van der Waals surface area contributed by atoms with E-state index in [9.17, 15) is 14.0 Å². The van der Waals surface area contributed by atoms with Crippen LogP contribution in [0.25, 0.3) is 0 Å². The Morgan fingerprint density at radius 1 is 1.17 bits per heavy atom. The monoisotopic (exact) mass is 327 g/mol. The Kier molecular flexibility index (Phi) is 3.35. The maximum Gasteiger partial charge on any atom is 0.306 e. The summed E-state index contributed by atoms with van der Waals surface area (Å²) in [6, 6.07) is 11.5. The van der Waals surface area contributed by atoms with E-state index in [2.05, 4.69) is 5.32 Å². The number of benzene rings is 2. The fraction of sp³-hybridized carbons (Fsp3) is 0.222. The molecule has 4 rings (SSSR count). The lowest BCUT2D eigenvalue weighted by Gasteiger charge is -2.19. The molecule has 2 aromatic rings. The average molecular weight is 327 g/mol. The van der Waals surface area contributed by atoms with Gasteiger partial charge in [0.15, 0.2) is 0 Å². The van der Waals surface area contributed by atoms with Crippen molar-refractivity contribution in [3.05, 3.63) is 65.0 Å². The number of hydrogen-bond acceptors (Lipinski definition) is 3. The highest BCUT2D eigenvalue weighted by Gasteiger charge is 2.44. The van der Waals surface area contributed by atoms with Gasteiger partial charge in [-0.2, -0.15) is 0 Å². The number of hydrogen-bond donors (Lipinski definition) is 2. The molecule has 3 atom stereocenters. The minimum Gasteiger partial charge on any atom is -0.481 e. The van der Waals surface area contributed by atoms with Crippen LogP contribution in [0, 0.1) is 5.82 Å². The van der Waals surface area contributed by atoms with Gasteiger partial charge >= 0.3 is 5.97 Å². The van der Waals surface area contributed by atoms with Crippen LogP contribution in [0.4, 0.5) is 10.1 Å². The number of anilines is 1. The second-order valence-corrected chi connectivity index (χ2v) is 5.97. The SMILES string of the molecule is O=C(O)CC1OC(C2C(=O)Nc3cc(F)ccc32)c2ccccc21. The number of carboxylic acids is 1. The highest BCUT2D eigenvalue weighted by atomic mass is 19.1. The second-order valence-electron chi connectivity index (χ2n) is 5.97. The van der Waals surface area contributed by atoms with E-state index in [0.29, 0.717) is 11.3 Å². The molecule has 2 heterocycles. The Hall–Kier alpha value is -2.73. The molecule has 0 aromatic heterocycles. The van der Waals surface area contributed by atoms with Gasteiger partial charge in [-0.1, -0.05) is 30.3 Å². The van der Waals surface area contributed by atoms with Crippen LogP contribution in [0.1, 0.15) is 41.2 Å². The summed E-state index contributed by atoms with van der Waals surface area (Å²) in [5.74, 6) is -2.29. The van der Waals surface area contributed by atoms with E-state index < -0.39 is 29.9 Å². The Bertz CT molecular complexity index is 851. The molecular formula is C18H14FNO4. The highest BCUT2D eigenvalue weighted by Crippen LogP contribution is 2.50. The predicted octanol–water partition coefficient (Wildman–Crippen LogP) is 3.15. The molecule has 24 heavy (non-hydrogen) atoms. The summed E-state index contributed by atoms with van der Waals surface area (Å²) in [6.07, 6.45) is -1.35. The van der Waals surface area contributed by atoms with Crippen LogP contribution >= 0.6 is 0 Å². The van der Waals surface area contributed by atoms with E-state index in [0.717, 1.165) is 11.1 Å². The highest BCUT2D eigenvalue weighted by molar-refractivity contribution is 6.03. The zero-order valence-corrected chi connectivity index (χ0v) is 12.5. The number of halogens is 1. The van der Waals surface area contributed by atoms with E-state index in [4.69, 9.17) is 9.84 Å². The second kappa shape index (κ2) is 5.42. The first-order valence-corrected chi connectivity index (χ1v) is 7.61. The third-order valence-electron chi connectivity index (χ3n) is 4.51. The van der Waals surface area contributed by atoms with Crippen LogP contribution < -0.4 is 5.32 Å². The Morgan fingerprint density at radius 2 is 1.92 bits per heavy atom. The molecule has 0 aliphatic carbocycles. The van der Waals surface area contributed by atoms with Crippen molar-refractivity contribution in [2.45, 2.75) is 24.5 Å². The average Bonchev–Trinajstić information content (AvgIpc) is 3.04. The molecule has 0 bridgehead atoms. The van der Waals surface area contributed by atoms with Gasteiger partial charge in [0.25, 0.3) is 0 Å². The first kappa shape index (κ1) is 14.8. The summed E-state index contributed by atoms with van der Waals surface area (Å²) >= 11 is 0. The zero-order valence-electron chi connectivity index (χ0n) is 12.5. The molecule has 2 N–H and O–H groups in total. The van der Waals surface area contributed by atoms with E-state index in [1.165, 1.54) is 12.1 Å². The standard InChI is InChI=1S/C18H14FNO4/c19-9-5-6-12-13(7-9)20-18(23)16(12)17-11-4-2-1-3-10(11)14(24-17)8-15(21)22/h1-7,14,16-17H,8H2,(H,20,23)(H,21,22). The van der Waals surface area contributed by atoms with Crippen molar-refractivity contribution in [3.8, 4) is 0 Å². The van der Waals surface area contributed by atoms with Crippen LogP contribution in [0.15, 0.2) is 42.5 Å². The topological polar surface area (TPSA) is 75.6 Å². The summed E-state index contributed by atoms with van der Waals surface area (Å²) in [6.45, 7) is 0. The lowest BCUT2D eigenvalue weighted by molar-refractivity contribution is -0.141. The molecule has 122 valence electrons. The summed E-state index contributed by atoms with van der Waals surface area (Å²) in [7, 11) is 0. The van der Waals surface area contributed by atoms with E-state index in [-0.39, 0.29) is 12.3 Å². The molecule has 5 nitrogen and oxygen atoms in total. The molecule has 0 saturated carbocycles. The molecule has 6 heteroatoms. The third kappa shape index (κ3) is 2.27. The number of rotatable bonds is 3. The Morgan fingerprint density at radius 3 is 2.67 bits per heavy atom. The van der Waals surface area contributed by atoms with Crippen molar-refractivity contribution < 1.29 is 23.8 Å². The van der Waals surface area contributed by atoms with Gasteiger partial charge in [-0.05, 0) is 28.8 Å². The summed E-state index contributed by atoms with van der Waals surface area (Å²) in [5, 5.41) is 11.8. The van der Waals surface area contributed by atoms with Crippen molar-refractivity contribution in [1.29, 1.82) is 0 Å². The number of amides is 1. The van der Waals surface area contributed by atoms with Crippen molar-refractivity contribution >= 4 is 17.6 Å². The minimum absolute atomic E-state index is 0.169. The molecular weight excluding hydrogens is 313 g/mol. The van der Waals surface area contributed by atoms with Crippen molar-refractivity contribution in [1.82, 2.24) is 0 Å². The first-order valence-electron chi connectivity index (χ1n) is 7.61. The molecule has 2 aromatic carbocycles. The van der Waals surface area contributed by atoms with Gasteiger partial charge in [-0.15, -0.1) is 0 Å². The molecule has 2 aliphatic heterocycles. The largest absolute Gasteiger partial charge is 0.481 e. The predicted molar refractivity (Wildman–Crippen MR) is 83.0 cm³/mol. The van der Waals surface area contributed by atoms with E-state index in [1.54, 1.807) is 6.07 Å². The smallest absolute Gasteiger partial charge is 0.306 e. The molecule has 0 radical (unpaired) electrons. The number of carbonyl (C=O) groups excluding carboxylic acids is 1. The quantitative estimate of drug-likeness (QED) is 0.908. The van der Waals surface area contributed by atoms with Crippen molar-refractivity contribution in [2.24, 2.45) is 0 Å². The maximum absolute atomic E-state index is 13.4.